The van der Waals surface area contributed by atoms with Crippen LogP contribution in [0.25, 0.3) is 0 Å². The normalized spacial score (nSPS) is 27.3. The number of hydrogen-bond donors (Lipinski definition) is 1. The second-order valence-electron chi connectivity index (χ2n) is 6.29. The average molecular weight is 359 g/mol. The van der Waals surface area contributed by atoms with Crippen LogP contribution in [0, 0.1) is 0 Å². The zero-order valence-corrected chi connectivity index (χ0v) is 14.2. The van der Waals surface area contributed by atoms with E-state index in [9.17, 15) is 14.4 Å². The number of β-lactam (4-membered cyclic amide) rings is 1. The summed E-state index contributed by atoms with van der Waals surface area (Å²) in [6.07, 6.45) is 2.77. The first-order valence-electron chi connectivity index (χ1n) is 8.51. The molecule has 2 heterocycles. The summed E-state index contributed by atoms with van der Waals surface area (Å²) in [5, 5.41) is 9.00. The fourth-order valence-corrected chi connectivity index (χ4v) is 3.50. The van der Waals surface area contributed by atoms with Crippen molar-refractivity contribution in [3.63, 3.8) is 0 Å². The highest BCUT2D eigenvalue weighted by Gasteiger charge is 2.65. The number of aliphatic hydroxyl groups is 1. The van der Waals surface area contributed by atoms with Crippen molar-refractivity contribution in [3.8, 4) is 0 Å². The molecule has 0 spiro atoms. The number of amides is 1. The second kappa shape index (κ2) is 7.80. The standard InChI is InChI=1S/C19H21NO6/c21-10-5-4-9-19(18(24)25-13-14-6-2-1-3-7-14)15(8-11-22)26-17-12-16(23)20(17)19/h1-7,11,15,17,21H,8-10,12-13H2/t15?,17-,19?/m1/s1. The van der Waals surface area contributed by atoms with E-state index in [2.05, 4.69) is 0 Å². The quantitative estimate of drug-likeness (QED) is 0.322. The number of ether oxygens (including phenoxy) is 2. The van der Waals surface area contributed by atoms with Gasteiger partial charge in [-0.3, -0.25) is 9.69 Å². The summed E-state index contributed by atoms with van der Waals surface area (Å²) in [6.45, 7) is -0.128. The lowest BCUT2D eigenvalue weighted by molar-refractivity contribution is -0.174. The lowest BCUT2D eigenvalue weighted by Crippen LogP contribution is -2.65. The Morgan fingerprint density at radius 2 is 2.12 bits per heavy atom. The topological polar surface area (TPSA) is 93.1 Å². The number of nitrogens with zero attached hydrogens (tertiary/aromatic N) is 1. The lowest BCUT2D eigenvalue weighted by atomic mass is 9.84. The maximum Gasteiger partial charge on any atom is 0.335 e. The largest absolute Gasteiger partial charge is 0.459 e. The molecule has 2 aliphatic heterocycles. The number of rotatable bonds is 8. The molecule has 1 amide bonds. The third-order valence-electron chi connectivity index (χ3n) is 4.77. The van der Waals surface area contributed by atoms with Crippen LogP contribution in [0.2, 0.25) is 0 Å². The molecule has 1 N–H and O–H groups in total. The molecule has 2 aliphatic rings. The van der Waals surface area contributed by atoms with Gasteiger partial charge in [0.15, 0.2) is 5.54 Å². The Balaban J connectivity index is 1.86. The van der Waals surface area contributed by atoms with Gasteiger partial charge in [0.2, 0.25) is 5.91 Å². The number of fused-ring (bicyclic) bond motifs is 1. The molecule has 7 heteroatoms. The van der Waals surface area contributed by atoms with Crippen LogP contribution in [0.3, 0.4) is 0 Å². The van der Waals surface area contributed by atoms with Crippen molar-refractivity contribution in [3.05, 3.63) is 48.0 Å². The van der Waals surface area contributed by atoms with E-state index in [4.69, 9.17) is 14.6 Å². The highest BCUT2D eigenvalue weighted by Crippen LogP contribution is 2.45. The third kappa shape index (κ3) is 3.15. The van der Waals surface area contributed by atoms with Crippen LogP contribution >= 0.6 is 0 Å². The highest BCUT2D eigenvalue weighted by molar-refractivity contribution is 5.93. The Bertz CT molecular complexity index is 703. The molecule has 7 nitrogen and oxygen atoms in total. The molecular formula is C19H21NO6. The zero-order valence-electron chi connectivity index (χ0n) is 14.2. The van der Waals surface area contributed by atoms with Gasteiger partial charge in [-0.2, -0.15) is 0 Å². The Hall–Kier alpha value is -2.51. The fourth-order valence-electron chi connectivity index (χ4n) is 3.50. The van der Waals surface area contributed by atoms with Crippen LogP contribution in [0.15, 0.2) is 42.5 Å². The summed E-state index contributed by atoms with van der Waals surface area (Å²) in [7, 11) is 0. The van der Waals surface area contributed by atoms with Crippen LogP contribution in [0.4, 0.5) is 0 Å². The van der Waals surface area contributed by atoms with E-state index in [1.807, 2.05) is 30.3 Å². The van der Waals surface area contributed by atoms with Gasteiger partial charge < -0.3 is 19.4 Å². The maximum atomic E-state index is 13.0. The van der Waals surface area contributed by atoms with Gasteiger partial charge in [-0.25, -0.2) is 4.79 Å². The van der Waals surface area contributed by atoms with Gasteiger partial charge in [0, 0.05) is 12.8 Å². The van der Waals surface area contributed by atoms with E-state index >= 15 is 0 Å². The summed E-state index contributed by atoms with van der Waals surface area (Å²) in [5.41, 5.74) is -0.569. The number of hydrogen-bond acceptors (Lipinski definition) is 6. The predicted molar refractivity (Wildman–Crippen MR) is 90.6 cm³/mol. The minimum Gasteiger partial charge on any atom is -0.459 e. The molecule has 1 aromatic rings. The van der Waals surface area contributed by atoms with Gasteiger partial charge >= 0.3 is 5.97 Å². The first kappa shape index (κ1) is 18.3. The smallest absolute Gasteiger partial charge is 0.335 e. The first-order valence-corrected chi connectivity index (χ1v) is 8.51. The Labute approximate surface area is 151 Å². The molecule has 0 radical (unpaired) electrons. The molecule has 1 aromatic carbocycles. The average Bonchev–Trinajstić information content (AvgIpc) is 2.89. The van der Waals surface area contributed by atoms with Gasteiger partial charge in [-0.15, -0.1) is 0 Å². The van der Waals surface area contributed by atoms with Gasteiger partial charge in [0.1, 0.15) is 25.2 Å². The molecule has 0 bridgehead atoms. The lowest BCUT2D eigenvalue weighted by Gasteiger charge is -2.43. The molecule has 0 aliphatic carbocycles. The molecule has 26 heavy (non-hydrogen) atoms. The van der Waals surface area contributed by atoms with Crippen LogP contribution < -0.4 is 0 Å². The van der Waals surface area contributed by atoms with Crippen molar-refractivity contribution in [2.75, 3.05) is 6.61 Å². The predicted octanol–water partition coefficient (Wildman–Crippen LogP) is 0.953. The van der Waals surface area contributed by atoms with E-state index in [1.54, 1.807) is 6.08 Å². The van der Waals surface area contributed by atoms with Crippen LogP contribution in [-0.4, -0.2) is 52.6 Å². The summed E-state index contributed by atoms with van der Waals surface area (Å²) in [5.74, 6) is -0.816. The van der Waals surface area contributed by atoms with Crippen LogP contribution in [-0.2, 0) is 30.5 Å². The van der Waals surface area contributed by atoms with E-state index in [-0.39, 0.29) is 38.4 Å². The number of carbonyl (C=O) groups is 3. The van der Waals surface area contributed by atoms with Gasteiger partial charge in [-0.1, -0.05) is 42.5 Å². The van der Waals surface area contributed by atoms with Crippen molar-refractivity contribution >= 4 is 18.2 Å². The third-order valence-corrected chi connectivity index (χ3v) is 4.77. The number of esters is 1. The van der Waals surface area contributed by atoms with E-state index in [0.717, 1.165) is 5.56 Å². The number of aliphatic hydroxyl groups excluding tert-OH is 1. The van der Waals surface area contributed by atoms with Crippen molar-refractivity contribution in [1.82, 2.24) is 4.90 Å². The highest BCUT2D eigenvalue weighted by atomic mass is 16.6. The second-order valence-corrected chi connectivity index (χ2v) is 6.29. The van der Waals surface area contributed by atoms with Crippen molar-refractivity contribution in [2.45, 2.75) is 43.7 Å². The minimum absolute atomic E-state index is 0.0202. The van der Waals surface area contributed by atoms with Crippen LogP contribution in [0.5, 0.6) is 0 Å². The number of benzene rings is 1. The van der Waals surface area contributed by atoms with Crippen molar-refractivity contribution in [1.29, 1.82) is 0 Å². The minimum atomic E-state index is -1.39. The summed E-state index contributed by atoms with van der Waals surface area (Å²) < 4.78 is 11.3. The Morgan fingerprint density at radius 1 is 1.35 bits per heavy atom. The molecule has 2 fully saturated rings. The first-order chi connectivity index (χ1) is 12.6. The molecule has 0 aromatic heterocycles. The van der Waals surface area contributed by atoms with Gasteiger partial charge in [0.05, 0.1) is 13.0 Å². The Morgan fingerprint density at radius 3 is 2.77 bits per heavy atom. The molecule has 0 saturated carbocycles. The number of carbonyl (C=O) groups excluding carboxylic acids is 3. The Kier molecular flexibility index (Phi) is 5.49. The summed E-state index contributed by atoms with van der Waals surface area (Å²) >= 11 is 0. The van der Waals surface area contributed by atoms with Crippen molar-refractivity contribution in [2.24, 2.45) is 0 Å². The van der Waals surface area contributed by atoms with E-state index in [0.29, 0.717) is 6.29 Å². The molecular weight excluding hydrogens is 338 g/mol. The van der Waals surface area contributed by atoms with Crippen molar-refractivity contribution < 1.29 is 29.0 Å². The van der Waals surface area contributed by atoms with E-state index < -0.39 is 23.8 Å². The monoisotopic (exact) mass is 359 g/mol. The molecule has 3 rings (SSSR count). The summed E-state index contributed by atoms with van der Waals surface area (Å²) in [6, 6.07) is 9.20. The number of aldehydes is 1. The zero-order chi connectivity index (χ0) is 18.6. The van der Waals surface area contributed by atoms with E-state index in [1.165, 1.54) is 11.0 Å². The molecule has 2 saturated heterocycles. The van der Waals surface area contributed by atoms with Crippen LogP contribution in [0.1, 0.15) is 24.8 Å². The maximum absolute atomic E-state index is 13.0. The summed E-state index contributed by atoms with van der Waals surface area (Å²) in [4.78, 5) is 37.7. The van der Waals surface area contributed by atoms with Gasteiger partial charge in [-0.05, 0) is 5.56 Å². The SMILES string of the molecule is O=CCC1O[C@@H]2CC(=O)N2C1(CC=CCO)C(=O)OCc1ccccc1. The fraction of sp³-hybridized carbons (Fsp3) is 0.421. The molecule has 2 unspecified atom stereocenters. The molecule has 138 valence electrons. The van der Waals surface area contributed by atoms with Gasteiger partial charge in [0.25, 0.3) is 0 Å². The molecule has 3 atom stereocenters.